The molecule has 1 N–H and O–H groups in total. The summed E-state index contributed by atoms with van der Waals surface area (Å²) in [5.74, 6) is 0.109. The molecule has 1 atom stereocenters. The van der Waals surface area contributed by atoms with Crippen LogP contribution in [-0.4, -0.2) is 18.1 Å². The number of hydrogen-bond acceptors (Lipinski definition) is 2. The first-order valence-electron chi connectivity index (χ1n) is 8.98. The van der Waals surface area contributed by atoms with Crippen molar-refractivity contribution in [2.24, 2.45) is 0 Å². The summed E-state index contributed by atoms with van der Waals surface area (Å²) < 4.78 is 1.05. The first kappa shape index (κ1) is 17.3. The second-order valence-electron chi connectivity index (χ2n) is 7.75. The Morgan fingerprint density at radius 1 is 1.19 bits per heavy atom. The molecule has 2 aliphatic rings. The predicted octanol–water partition coefficient (Wildman–Crippen LogP) is 4.78. The van der Waals surface area contributed by atoms with Crippen molar-refractivity contribution in [3.8, 4) is 0 Å². The van der Waals surface area contributed by atoms with Crippen LogP contribution in [0.2, 0.25) is 0 Å². The van der Waals surface area contributed by atoms with Gasteiger partial charge >= 0.3 is 0 Å². The molecule has 2 heterocycles. The minimum absolute atomic E-state index is 0.109. The molecule has 1 saturated heterocycles. The molecule has 4 rings (SSSR count). The third kappa shape index (κ3) is 2.50. The topological polar surface area (TPSA) is 32.3 Å². The first-order chi connectivity index (χ1) is 12.3. The van der Waals surface area contributed by atoms with E-state index < -0.39 is 5.66 Å². The van der Waals surface area contributed by atoms with Crippen molar-refractivity contribution in [1.82, 2.24) is 5.32 Å². The van der Waals surface area contributed by atoms with Crippen molar-refractivity contribution in [3.63, 3.8) is 0 Å². The number of hydrogen-bond donors (Lipinski definition) is 1. The summed E-state index contributed by atoms with van der Waals surface area (Å²) in [6.07, 6.45) is 4.81. The van der Waals surface area contributed by atoms with E-state index in [9.17, 15) is 4.79 Å². The Labute approximate surface area is 163 Å². The maximum Gasteiger partial charge on any atom is 0.223 e. The van der Waals surface area contributed by atoms with Crippen molar-refractivity contribution >= 4 is 33.6 Å². The number of amides is 1. The maximum absolute atomic E-state index is 12.4. The Hall–Kier alpha value is -2.07. The molecule has 0 saturated carbocycles. The molecule has 0 spiro atoms. The van der Waals surface area contributed by atoms with E-state index in [1.807, 2.05) is 12.1 Å². The Morgan fingerprint density at radius 3 is 2.77 bits per heavy atom. The summed E-state index contributed by atoms with van der Waals surface area (Å²) in [5, 5.41) is 3.32. The minimum atomic E-state index is -0.555. The molecule has 3 nitrogen and oxygen atoms in total. The van der Waals surface area contributed by atoms with E-state index >= 15 is 0 Å². The molecule has 134 valence electrons. The van der Waals surface area contributed by atoms with Crippen molar-refractivity contribution in [2.75, 3.05) is 11.4 Å². The molecule has 1 fully saturated rings. The Morgan fingerprint density at radius 2 is 2.00 bits per heavy atom. The number of fused-ring (bicyclic) bond motifs is 3. The summed E-state index contributed by atoms with van der Waals surface area (Å²) >= 11 is 3.53. The fourth-order valence-electron chi connectivity index (χ4n) is 4.29. The summed E-state index contributed by atoms with van der Waals surface area (Å²) in [7, 11) is 0. The number of carbonyl (C=O) groups excluding carboxylic acids is 1. The van der Waals surface area contributed by atoms with Gasteiger partial charge in [-0.05, 0) is 42.3 Å². The molecule has 2 aliphatic heterocycles. The van der Waals surface area contributed by atoms with E-state index in [0.717, 1.165) is 16.6 Å². The lowest BCUT2D eigenvalue weighted by Gasteiger charge is -2.49. The maximum atomic E-state index is 12.4. The van der Waals surface area contributed by atoms with E-state index in [4.69, 9.17) is 0 Å². The van der Waals surface area contributed by atoms with Gasteiger partial charge in [0.2, 0.25) is 5.91 Å². The Kier molecular flexibility index (Phi) is 3.99. The van der Waals surface area contributed by atoms with Gasteiger partial charge in [-0.25, -0.2) is 0 Å². The lowest BCUT2D eigenvalue weighted by atomic mass is 9.74. The molecule has 2 aromatic carbocycles. The van der Waals surface area contributed by atoms with E-state index in [1.165, 1.54) is 16.8 Å². The van der Waals surface area contributed by atoms with Gasteiger partial charge in [-0.2, -0.15) is 0 Å². The van der Waals surface area contributed by atoms with Crippen molar-refractivity contribution in [3.05, 3.63) is 69.7 Å². The third-order valence-electron chi connectivity index (χ3n) is 5.75. The molecule has 1 unspecified atom stereocenters. The van der Waals surface area contributed by atoms with Gasteiger partial charge in [0.25, 0.3) is 0 Å². The van der Waals surface area contributed by atoms with Crippen molar-refractivity contribution in [2.45, 2.75) is 38.3 Å². The SMILES string of the molecule is Cc1ccc2c(c1)C(C)(C)C1(/C=C/c3cccc(Br)c3)NC(=O)CCN21. The van der Waals surface area contributed by atoms with Crippen LogP contribution in [0.5, 0.6) is 0 Å². The fourth-order valence-corrected chi connectivity index (χ4v) is 4.71. The number of rotatable bonds is 2. The van der Waals surface area contributed by atoms with Crippen LogP contribution in [0.15, 0.2) is 53.0 Å². The fraction of sp³-hybridized carbons (Fsp3) is 0.318. The number of carbonyl (C=O) groups is 1. The smallest absolute Gasteiger partial charge is 0.223 e. The van der Waals surface area contributed by atoms with Gasteiger partial charge in [0.1, 0.15) is 5.66 Å². The van der Waals surface area contributed by atoms with Crippen LogP contribution in [0.4, 0.5) is 5.69 Å². The standard InChI is InChI=1S/C22H23BrN2O/c1-15-7-8-19-18(13-15)21(2,3)22(24-20(26)10-12-25(19)22)11-9-16-5-4-6-17(23)14-16/h4-9,11,13-14H,10,12H2,1-3H3,(H,24,26)/b11-9+. The largest absolute Gasteiger partial charge is 0.344 e. The zero-order chi connectivity index (χ0) is 18.5. The van der Waals surface area contributed by atoms with Gasteiger partial charge in [-0.1, -0.05) is 65.7 Å². The average molecular weight is 411 g/mol. The van der Waals surface area contributed by atoms with Gasteiger partial charge in [0.15, 0.2) is 0 Å². The molecule has 0 aromatic heterocycles. The second kappa shape index (κ2) is 5.98. The van der Waals surface area contributed by atoms with E-state index in [-0.39, 0.29) is 11.3 Å². The highest BCUT2D eigenvalue weighted by Gasteiger charge is 2.57. The molecule has 1 amide bonds. The van der Waals surface area contributed by atoms with Crippen LogP contribution in [-0.2, 0) is 10.2 Å². The Bertz CT molecular complexity index is 918. The number of benzene rings is 2. The number of halogens is 1. The zero-order valence-electron chi connectivity index (χ0n) is 15.3. The van der Waals surface area contributed by atoms with Crippen LogP contribution in [0.3, 0.4) is 0 Å². The first-order valence-corrected chi connectivity index (χ1v) is 9.77. The number of nitrogens with zero attached hydrogens (tertiary/aromatic N) is 1. The lowest BCUT2D eigenvalue weighted by molar-refractivity contribution is -0.124. The highest BCUT2D eigenvalue weighted by atomic mass is 79.9. The molecule has 4 heteroatoms. The summed E-state index contributed by atoms with van der Waals surface area (Å²) in [5.41, 5.74) is 4.07. The summed E-state index contributed by atoms with van der Waals surface area (Å²) in [6, 6.07) is 14.8. The van der Waals surface area contributed by atoms with Gasteiger partial charge in [0.05, 0.1) is 0 Å². The van der Waals surface area contributed by atoms with E-state index in [2.05, 4.69) is 89.4 Å². The lowest BCUT2D eigenvalue weighted by Crippen LogP contribution is -2.68. The Balaban J connectivity index is 1.86. The monoisotopic (exact) mass is 410 g/mol. The minimum Gasteiger partial charge on any atom is -0.344 e. The van der Waals surface area contributed by atoms with Gasteiger partial charge in [-0.3, -0.25) is 4.79 Å². The van der Waals surface area contributed by atoms with Crippen LogP contribution < -0.4 is 10.2 Å². The predicted molar refractivity (Wildman–Crippen MR) is 110 cm³/mol. The second-order valence-corrected chi connectivity index (χ2v) is 8.67. The summed E-state index contributed by atoms with van der Waals surface area (Å²) in [6.45, 7) is 7.30. The van der Waals surface area contributed by atoms with Crippen LogP contribution in [0.1, 0.15) is 37.0 Å². The quantitative estimate of drug-likeness (QED) is 0.771. The van der Waals surface area contributed by atoms with Gasteiger partial charge < -0.3 is 10.2 Å². The van der Waals surface area contributed by atoms with E-state index in [1.54, 1.807) is 0 Å². The normalized spacial score (nSPS) is 23.7. The number of anilines is 1. The molecule has 26 heavy (non-hydrogen) atoms. The van der Waals surface area contributed by atoms with Crippen LogP contribution in [0.25, 0.3) is 6.08 Å². The highest BCUT2D eigenvalue weighted by molar-refractivity contribution is 9.10. The van der Waals surface area contributed by atoms with Gasteiger partial charge in [0, 0.05) is 28.5 Å². The van der Waals surface area contributed by atoms with Crippen LogP contribution in [0, 0.1) is 6.92 Å². The number of nitrogens with one attached hydrogen (secondary N) is 1. The third-order valence-corrected chi connectivity index (χ3v) is 6.25. The zero-order valence-corrected chi connectivity index (χ0v) is 16.9. The molecule has 0 aliphatic carbocycles. The molecule has 0 bridgehead atoms. The average Bonchev–Trinajstić information content (AvgIpc) is 2.78. The van der Waals surface area contributed by atoms with Gasteiger partial charge in [-0.15, -0.1) is 0 Å². The summed E-state index contributed by atoms with van der Waals surface area (Å²) in [4.78, 5) is 14.8. The van der Waals surface area contributed by atoms with Crippen molar-refractivity contribution < 1.29 is 4.79 Å². The molecular formula is C22H23BrN2O. The molecule has 2 aromatic rings. The van der Waals surface area contributed by atoms with Crippen LogP contribution >= 0.6 is 15.9 Å². The van der Waals surface area contributed by atoms with E-state index in [0.29, 0.717) is 6.42 Å². The molecular weight excluding hydrogens is 388 g/mol. The number of aryl methyl sites for hydroxylation is 1. The molecule has 0 radical (unpaired) electrons. The van der Waals surface area contributed by atoms with Crippen molar-refractivity contribution in [1.29, 1.82) is 0 Å². The highest BCUT2D eigenvalue weighted by Crippen LogP contribution is 2.52.